The highest BCUT2D eigenvalue weighted by atomic mass is 19.4. The number of alkyl halides is 3. The molecule has 4 aliphatic rings. The van der Waals surface area contributed by atoms with E-state index < -0.39 is 98.7 Å². The largest absolute Gasteiger partial charge is 0.508 e. The lowest BCUT2D eigenvalue weighted by atomic mass is 9.57. The van der Waals surface area contributed by atoms with Crippen LogP contribution in [0.4, 0.5) is 13.2 Å². The van der Waals surface area contributed by atoms with Crippen LogP contribution in [0.2, 0.25) is 0 Å². The molecule has 228 valence electrons. The van der Waals surface area contributed by atoms with Gasteiger partial charge in [0.2, 0.25) is 5.78 Å². The molecule has 1 aromatic rings. The highest BCUT2D eigenvalue weighted by Crippen LogP contribution is 2.54. The van der Waals surface area contributed by atoms with Gasteiger partial charge in [-0.2, -0.15) is 13.2 Å². The Morgan fingerprint density at radius 2 is 1.79 bits per heavy atom. The molecule has 0 radical (unpaired) electrons. The van der Waals surface area contributed by atoms with Crippen molar-refractivity contribution in [1.29, 1.82) is 0 Å². The number of hydrogen-bond acceptors (Lipinski definition) is 9. The SMILES string of the molecule is C[C@H](C1CC1)N(C)Cc1cc(O)c2c(c1C(F)(F)F)C[C@H]1C[C@H]3[C@H](N(C)C)C(=O)C(C(N)=O)=C(O)[C@@]3(O)C(=O)C1=C2O. The van der Waals surface area contributed by atoms with Gasteiger partial charge in [0.1, 0.15) is 22.8 Å². The third-order valence-electron chi connectivity index (χ3n) is 9.51. The lowest BCUT2D eigenvalue weighted by molar-refractivity contribution is -0.153. The predicted molar refractivity (Wildman–Crippen MR) is 143 cm³/mol. The van der Waals surface area contributed by atoms with Crippen molar-refractivity contribution < 1.29 is 48.0 Å². The maximum Gasteiger partial charge on any atom is 0.417 e. The summed E-state index contributed by atoms with van der Waals surface area (Å²) in [6.07, 6.45) is -3.64. The minimum Gasteiger partial charge on any atom is -0.508 e. The van der Waals surface area contributed by atoms with E-state index in [-0.39, 0.29) is 24.6 Å². The predicted octanol–water partition coefficient (Wildman–Crippen LogP) is 2.21. The number of hydrogen-bond donors (Lipinski definition) is 5. The first-order valence-electron chi connectivity index (χ1n) is 13.7. The van der Waals surface area contributed by atoms with E-state index in [1.165, 1.54) is 19.0 Å². The molecule has 5 atom stereocenters. The highest BCUT2D eigenvalue weighted by molar-refractivity contribution is 6.24. The topological polar surface area (TPSA) is 165 Å². The van der Waals surface area contributed by atoms with Crippen LogP contribution in [0.3, 0.4) is 0 Å². The van der Waals surface area contributed by atoms with E-state index in [9.17, 15) is 48.0 Å². The molecule has 13 heteroatoms. The van der Waals surface area contributed by atoms with Crippen LogP contribution in [-0.2, 0) is 33.5 Å². The second-order valence-electron chi connectivity index (χ2n) is 12.2. The number of benzene rings is 1. The number of carbonyl (C=O) groups excluding carboxylic acids is 3. The lowest BCUT2D eigenvalue weighted by Gasteiger charge is -2.50. The Kier molecular flexibility index (Phi) is 7.02. The average molecular weight is 594 g/mol. The maximum atomic E-state index is 14.7. The minimum absolute atomic E-state index is 0.00985. The molecule has 0 spiro atoms. The molecular formula is C29H34F3N3O7. The van der Waals surface area contributed by atoms with Gasteiger partial charge in [0.15, 0.2) is 11.4 Å². The average Bonchev–Trinajstić information content (AvgIpc) is 3.70. The molecule has 0 aromatic heterocycles. The van der Waals surface area contributed by atoms with Gasteiger partial charge in [-0.15, -0.1) is 0 Å². The summed E-state index contributed by atoms with van der Waals surface area (Å²) in [6, 6.07) is -0.388. The second kappa shape index (κ2) is 9.81. The molecule has 6 N–H and O–H groups in total. The van der Waals surface area contributed by atoms with Gasteiger partial charge in [0, 0.05) is 24.1 Å². The van der Waals surface area contributed by atoms with Crippen LogP contribution in [0.5, 0.6) is 5.75 Å². The molecule has 2 saturated carbocycles. The zero-order chi connectivity index (χ0) is 31.2. The summed E-state index contributed by atoms with van der Waals surface area (Å²) < 4.78 is 44.1. The Labute approximate surface area is 239 Å². The zero-order valence-corrected chi connectivity index (χ0v) is 23.6. The number of ketones is 2. The Morgan fingerprint density at radius 1 is 1.17 bits per heavy atom. The van der Waals surface area contributed by atoms with Crippen LogP contribution < -0.4 is 5.73 Å². The number of primary amides is 1. The molecule has 5 rings (SSSR count). The van der Waals surface area contributed by atoms with Gasteiger partial charge in [-0.3, -0.25) is 24.2 Å². The summed E-state index contributed by atoms with van der Waals surface area (Å²) in [6.45, 7) is 1.81. The number of halogens is 3. The van der Waals surface area contributed by atoms with Gasteiger partial charge < -0.3 is 26.2 Å². The molecular weight excluding hydrogens is 559 g/mol. The van der Waals surface area contributed by atoms with Crippen molar-refractivity contribution in [1.82, 2.24) is 9.80 Å². The molecule has 1 aromatic carbocycles. The van der Waals surface area contributed by atoms with E-state index in [0.29, 0.717) is 5.92 Å². The molecule has 10 nitrogen and oxygen atoms in total. The molecule has 4 aliphatic carbocycles. The zero-order valence-electron chi connectivity index (χ0n) is 23.6. The summed E-state index contributed by atoms with van der Waals surface area (Å²) in [7, 11) is 4.59. The van der Waals surface area contributed by atoms with Gasteiger partial charge in [-0.25, -0.2) is 0 Å². The number of carbonyl (C=O) groups is 3. The number of amides is 1. The number of aliphatic hydroxyl groups excluding tert-OH is 2. The van der Waals surface area contributed by atoms with Crippen LogP contribution in [0, 0.1) is 17.8 Å². The van der Waals surface area contributed by atoms with Crippen molar-refractivity contribution in [3.05, 3.63) is 45.2 Å². The third-order valence-corrected chi connectivity index (χ3v) is 9.51. The van der Waals surface area contributed by atoms with Crippen molar-refractivity contribution in [3.63, 3.8) is 0 Å². The fraction of sp³-hybridized carbons (Fsp3) is 0.552. The van der Waals surface area contributed by atoms with Crippen LogP contribution in [0.15, 0.2) is 23.0 Å². The quantitative estimate of drug-likeness (QED) is 0.311. The number of Topliss-reactive ketones (excluding diaryl/α,β-unsaturated/α-hetero) is 2. The normalized spacial score (nSPS) is 28.7. The van der Waals surface area contributed by atoms with Crippen molar-refractivity contribution in [2.24, 2.45) is 23.5 Å². The van der Waals surface area contributed by atoms with Crippen molar-refractivity contribution in [2.75, 3.05) is 21.1 Å². The molecule has 1 amide bonds. The fourth-order valence-corrected chi connectivity index (χ4v) is 7.21. The first-order valence-corrected chi connectivity index (χ1v) is 13.7. The third kappa shape index (κ3) is 4.32. The van der Waals surface area contributed by atoms with Crippen LogP contribution in [-0.4, -0.2) is 86.5 Å². The van der Waals surface area contributed by atoms with Crippen LogP contribution >= 0.6 is 0 Å². The Balaban J connectivity index is 1.69. The van der Waals surface area contributed by atoms with E-state index in [1.807, 2.05) is 6.92 Å². The van der Waals surface area contributed by atoms with Gasteiger partial charge in [0.05, 0.1) is 17.2 Å². The Hall–Kier alpha value is -3.42. The first-order chi connectivity index (χ1) is 19.4. The van der Waals surface area contributed by atoms with Gasteiger partial charge in [0.25, 0.3) is 5.91 Å². The van der Waals surface area contributed by atoms with Crippen LogP contribution in [0.25, 0.3) is 5.76 Å². The number of rotatable bonds is 6. The maximum absolute atomic E-state index is 14.7. The van der Waals surface area contributed by atoms with E-state index in [1.54, 1.807) is 11.9 Å². The minimum atomic E-state index is -4.88. The molecule has 42 heavy (non-hydrogen) atoms. The van der Waals surface area contributed by atoms with E-state index in [4.69, 9.17) is 5.73 Å². The van der Waals surface area contributed by atoms with Crippen molar-refractivity contribution in [2.45, 2.75) is 63.0 Å². The molecule has 0 unspecified atom stereocenters. The molecule has 0 bridgehead atoms. The number of nitrogens with two attached hydrogens (primary N) is 1. The number of fused-ring (bicyclic) bond motifs is 3. The highest BCUT2D eigenvalue weighted by Gasteiger charge is 2.64. The number of likely N-dealkylation sites (N-methyl/N-ethyl adjacent to an activating group) is 1. The number of aromatic hydroxyl groups is 1. The van der Waals surface area contributed by atoms with E-state index >= 15 is 0 Å². The number of phenols is 1. The van der Waals surface area contributed by atoms with Crippen molar-refractivity contribution >= 4 is 23.2 Å². The lowest BCUT2D eigenvalue weighted by Crippen LogP contribution is -2.65. The summed E-state index contributed by atoms with van der Waals surface area (Å²) in [5.74, 6) is -8.60. The van der Waals surface area contributed by atoms with Crippen molar-refractivity contribution in [3.8, 4) is 5.75 Å². The number of aliphatic hydroxyl groups is 3. The smallest absolute Gasteiger partial charge is 0.417 e. The molecule has 0 heterocycles. The number of nitrogens with zero attached hydrogens (tertiary/aromatic N) is 2. The summed E-state index contributed by atoms with van der Waals surface area (Å²) in [4.78, 5) is 42.3. The van der Waals surface area contributed by atoms with Gasteiger partial charge in [-0.1, -0.05) is 0 Å². The monoisotopic (exact) mass is 593 g/mol. The number of phenolic OH excluding ortho intramolecular Hbond substituents is 1. The molecule has 0 aliphatic heterocycles. The summed E-state index contributed by atoms with van der Waals surface area (Å²) in [5, 5.41) is 44.7. The molecule has 0 saturated heterocycles. The second-order valence-corrected chi connectivity index (χ2v) is 12.2. The van der Waals surface area contributed by atoms with Gasteiger partial charge in [-0.05, 0) is 82.8 Å². The Morgan fingerprint density at radius 3 is 2.31 bits per heavy atom. The van der Waals surface area contributed by atoms with E-state index in [2.05, 4.69) is 0 Å². The summed E-state index contributed by atoms with van der Waals surface area (Å²) >= 11 is 0. The Bertz CT molecular complexity index is 1460. The molecule has 2 fully saturated rings. The van der Waals surface area contributed by atoms with Crippen LogP contribution in [0.1, 0.15) is 48.4 Å². The summed E-state index contributed by atoms with van der Waals surface area (Å²) in [5.41, 5.74) is -1.22. The standard InChI is InChI=1S/C29H34F3N3O7/c1-11(12-5-6-12)35(4)10-14-9-17(36)19-15(21(14)29(30,31)32)7-13-8-16-22(34(2)3)24(38)20(27(33)41)26(40)28(16,42)25(39)18(13)23(19)37/h9,11-13,16,22,36-37,40,42H,5-8,10H2,1-4H3,(H2,33,41)/t11-,13+,16+,22+,28+/m1/s1. The fourth-order valence-electron chi connectivity index (χ4n) is 7.21. The first kappa shape index (κ1) is 30.1. The van der Waals surface area contributed by atoms with E-state index in [0.717, 1.165) is 18.9 Å². The van der Waals surface area contributed by atoms with Gasteiger partial charge >= 0.3 is 6.18 Å².